The first kappa shape index (κ1) is 26.7. The van der Waals surface area contributed by atoms with Crippen LogP contribution in [0.3, 0.4) is 0 Å². The topological polar surface area (TPSA) is 47.1 Å². The van der Waals surface area contributed by atoms with Gasteiger partial charge in [-0.15, -0.1) is 10.2 Å². The van der Waals surface area contributed by atoms with Gasteiger partial charge in [-0.05, 0) is 98.3 Å². The number of aryl methyl sites for hydroxylation is 2. The molecular formula is C40H30N4O. The Morgan fingerprint density at radius 1 is 0.533 bits per heavy atom. The van der Waals surface area contributed by atoms with Crippen molar-refractivity contribution in [2.24, 2.45) is 0 Å². The molecule has 5 heteroatoms. The average molecular weight is 583 g/mol. The van der Waals surface area contributed by atoms with Gasteiger partial charge in [-0.3, -0.25) is 0 Å². The Morgan fingerprint density at radius 3 is 1.98 bits per heavy atom. The number of benzene rings is 6. The van der Waals surface area contributed by atoms with Crippen LogP contribution in [0.4, 0.5) is 17.1 Å². The lowest BCUT2D eigenvalue weighted by molar-refractivity contribution is 0.584. The Bertz CT molecular complexity index is 2280. The number of fused-ring (bicyclic) bond motifs is 3. The van der Waals surface area contributed by atoms with E-state index < -0.39 is 0 Å². The molecule has 0 bridgehead atoms. The van der Waals surface area contributed by atoms with Crippen molar-refractivity contribution in [3.8, 4) is 28.6 Å². The summed E-state index contributed by atoms with van der Waals surface area (Å²) in [6.45, 7) is 4.12. The monoisotopic (exact) mass is 582 g/mol. The van der Waals surface area contributed by atoms with Crippen LogP contribution in [-0.4, -0.2) is 14.8 Å². The number of nitrogens with zero attached hydrogens (tertiary/aromatic N) is 4. The highest BCUT2D eigenvalue weighted by molar-refractivity contribution is 6.10. The van der Waals surface area contributed by atoms with Gasteiger partial charge < -0.3 is 13.9 Å². The van der Waals surface area contributed by atoms with Crippen molar-refractivity contribution in [3.63, 3.8) is 0 Å². The number of para-hydroxylation sites is 3. The highest BCUT2D eigenvalue weighted by atomic mass is 16.4. The van der Waals surface area contributed by atoms with Crippen molar-refractivity contribution >= 4 is 38.9 Å². The Morgan fingerprint density at radius 2 is 1.18 bits per heavy atom. The molecular weight excluding hydrogens is 552 g/mol. The van der Waals surface area contributed by atoms with Crippen molar-refractivity contribution < 1.29 is 4.42 Å². The minimum atomic E-state index is 0.499. The molecule has 8 aromatic rings. The van der Waals surface area contributed by atoms with Crippen LogP contribution in [0.2, 0.25) is 0 Å². The Hall–Kier alpha value is -5.94. The number of hydrogen-bond acceptors (Lipinski definition) is 4. The summed E-state index contributed by atoms with van der Waals surface area (Å²) in [5.41, 5.74) is 10.8. The maximum absolute atomic E-state index is 6.15. The van der Waals surface area contributed by atoms with Gasteiger partial charge in [0, 0.05) is 44.6 Å². The molecule has 0 aliphatic heterocycles. The molecule has 0 saturated heterocycles. The molecule has 0 atom stereocenters. The zero-order valence-electron chi connectivity index (χ0n) is 25.1. The van der Waals surface area contributed by atoms with E-state index in [1.165, 1.54) is 21.8 Å². The molecule has 45 heavy (non-hydrogen) atoms. The first-order chi connectivity index (χ1) is 22.1. The zero-order chi connectivity index (χ0) is 30.3. The summed E-state index contributed by atoms with van der Waals surface area (Å²) in [5.74, 6) is 1.03. The van der Waals surface area contributed by atoms with Crippen LogP contribution in [0.1, 0.15) is 11.1 Å². The average Bonchev–Trinajstić information content (AvgIpc) is 3.71. The van der Waals surface area contributed by atoms with Crippen LogP contribution < -0.4 is 4.90 Å². The van der Waals surface area contributed by atoms with Gasteiger partial charge in [0.05, 0.1) is 11.0 Å². The number of anilines is 3. The van der Waals surface area contributed by atoms with E-state index >= 15 is 0 Å². The zero-order valence-corrected chi connectivity index (χ0v) is 25.1. The van der Waals surface area contributed by atoms with Gasteiger partial charge in [-0.25, -0.2) is 0 Å². The molecule has 0 amide bonds. The molecule has 6 aromatic carbocycles. The maximum Gasteiger partial charge on any atom is 0.248 e. The largest absolute Gasteiger partial charge is 0.416 e. The SMILES string of the molecule is Cc1ccc(C)c(-c2nnc(-c3ccc(N(c4ccccc4)c4ccc5c(c4)c4ccccc4n5-c4ccccc4)cc3)o2)c1. The third kappa shape index (κ3) is 4.75. The lowest BCUT2D eigenvalue weighted by Crippen LogP contribution is -2.09. The normalized spacial score (nSPS) is 11.3. The molecule has 0 aliphatic rings. The molecule has 8 rings (SSSR count). The van der Waals surface area contributed by atoms with Crippen molar-refractivity contribution in [1.82, 2.24) is 14.8 Å². The minimum Gasteiger partial charge on any atom is -0.416 e. The Labute approximate surface area is 261 Å². The molecule has 0 N–H and O–H groups in total. The fourth-order valence-corrected chi connectivity index (χ4v) is 6.15. The lowest BCUT2D eigenvalue weighted by atomic mass is 10.1. The molecule has 2 aromatic heterocycles. The maximum atomic E-state index is 6.15. The van der Waals surface area contributed by atoms with E-state index in [1.807, 2.05) is 18.2 Å². The van der Waals surface area contributed by atoms with E-state index in [2.05, 4.69) is 161 Å². The van der Waals surface area contributed by atoms with Crippen molar-refractivity contribution in [3.05, 3.63) is 157 Å². The Balaban J connectivity index is 1.21. The van der Waals surface area contributed by atoms with Gasteiger partial charge in [0.2, 0.25) is 11.8 Å². The smallest absolute Gasteiger partial charge is 0.248 e. The molecule has 0 aliphatic carbocycles. The highest BCUT2D eigenvalue weighted by Crippen LogP contribution is 2.40. The van der Waals surface area contributed by atoms with Gasteiger partial charge in [0.15, 0.2) is 0 Å². The van der Waals surface area contributed by atoms with Crippen molar-refractivity contribution in [2.75, 3.05) is 4.90 Å². The third-order valence-corrected chi connectivity index (χ3v) is 8.36. The molecule has 5 nitrogen and oxygen atoms in total. The van der Waals surface area contributed by atoms with Crippen LogP contribution in [0.25, 0.3) is 50.4 Å². The van der Waals surface area contributed by atoms with E-state index in [0.717, 1.165) is 45.0 Å². The molecule has 0 saturated carbocycles. The molecule has 0 radical (unpaired) electrons. The van der Waals surface area contributed by atoms with Crippen LogP contribution >= 0.6 is 0 Å². The second kappa shape index (κ2) is 11.0. The number of rotatable bonds is 6. The molecule has 0 fully saturated rings. The van der Waals surface area contributed by atoms with Gasteiger partial charge in [-0.1, -0.05) is 72.3 Å². The van der Waals surface area contributed by atoms with Gasteiger partial charge >= 0.3 is 0 Å². The summed E-state index contributed by atoms with van der Waals surface area (Å²) in [4.78, 5) is 2.28. The fraction of sp³-hybridized carbons (Fsp3) is 0.0500. The molecule has 0 unspecified atom stereocenters. The summed E-state index contributed by atoms with van der Waals surface area (Å²) >= 11 is 0. The first-order valence-electron chi connectivity index (χ1n) is 15.1. The van der Waals surface area contributed by atoms with Gasteiger partial charge in [0.1, 0.15) is 0 Å². The Kier molecular flexibility index (Phi) is 6.50. The van der Waals surface area contributed by atoms with E-state index in [0.29, 0.717) is 11.8 Å². The third-order valence-electron chi connectivity index (χ3n) is 8.36. The molecule has 216 valence electrons. The van der Waals surface area contributed by atoms with E-state index in [4.69, 9.17) is 4.42 Å². The van der Waals surface area contributed by atoms with Crippen LogP contribution in [0.5, 0.6) is 0 Å². The quantitative estimate of drug-likeness (QED) is 0.196. The van der Waals surface area contributed by atoms with Crippen LogP contribution in [-0.2, 0) is 0 Å². The van der Waals surface area contributed by atoms with Crippen molar-refractivity contribution in [1.29, 1.82) is 0 Å². The summed E-state index contributed by atoms with van der Waals surface area (Å²) in [5, 5.41) is 11.2. The summed E-state index contributed by atoms with van der Waals surface area (Å²) in [6, 6.07) is 50.9. The second-order valence-corrected chi connectivity index (χ2v) is 11.3. The predicted octanol–water partition coefficient (Wildman–Crippen LogP) is 10.6. The highest BCUT2D eigenvalue weighted by Gasteiger charge is 2.18. The van der Waals surface area contributed by atoms with Crippen molar-refractivity contribution in [2.45, 2.75) is 13.8 Å². The predicted molar refractivity (Wildman–Crippen MR) is 184 cm³/mol. The lowest BCUT2D eigenvalue weighted by Gasteiger charge is -2.25. The van der Waals surface area contributed by atoms with Crippen LogP contribution in [0.15, 0.2) is 150 Å². The standard InChI is InChI=1S/C40H30N4O/c1-27-17-18-28(2)35(25-27)40-42-41-39(45-40)29-19-21-32(22-20-29)43(30-11-5-3-6-12-30)33-23-24-38-36(26-33)34-15-9-10-16-37(34)44(38)31-13-7-4-8-14-31/h3-26H,1-2H3. The summed E-state index contributed by atoms with van der Waals surface area (Å²) in [6.07, 6.45) is 0. The van der Waals surface area contributed by atoms with E-state index in [9.17, 15) is 0 Å². The van der Waals surface area contributed by atoms with E-state index in [1.54, 1.807) is 0 Å². The number of aromatic nitrogens is 3. The first-order valence-corrected chi connectivity index (χ1v) is 15.1. The fourth-order valence-electron chi connectivity index (χ4n) is 6.15. The minimum absolute atomic E-state index is 0.499. The molecule has 2 heterocycles. The van der Waals surface area contributed by atoms with Gasteiger partial charge in [0.25, 0.3) is 0 Å². The second-order valence-electron chi connectivity index (χ2n) is 11.3. The summed E-state index contributed by atoms with van der Waals surface area (Å²) < 4.78 is 8.49. The number of hydrogen-bond donors (Lipinski definition) is 0. The van der Waals surface area contributed by atoms with E-state index in [-0.39, 0.29) is 0 Å². The summed E-state index contributed by atoms with van der Waals surface area (Å²) in [7, 11) is 0. The van der Waals surface area contributed by atoms with Crippen LogP contribution in [0, 0.1) is 13.8 Å². The van der Waals surface area contributed by atoms with Gasteiger partial charge in [-0.2, -0.15) is 0 Å². The molecule has 0 spiro atoms.